The molecule has 2 aromatic carbocycles. The lowest BCUT2D eigenvalue weighted by molar-refractivity contribution is -0.274. The average molecular weight is 499 g/mol. The normalized spacial score (nSPS) is 17.4. The third kappa shape index (κ3) is 4.89. The second-order valence-corrected chi connectivity index (χ2v) is 9.12. The molecule has 5 rings (SSSR count). The number of aromatic hydroxyl groups is 1. The summed E-state index contributed by atoms with van der Waals surface area (Å²) in [6.45, 7) is 3.66. The number of hydrogen-bond donors (Lipinski definition) is 2. The van der Waals surface area contributed by atoms with E-state index < -0.39 is 6.36 Å². The molecule has 7 nitrogen and oxygen atoms in total. The Morgan fingerprint density at radius 2 is 2.00 bits per heavy atom. The van der Waals surface area contributed by atoms with E-state index in [1.807, 2.05) is 4.90 Å². The molecule has 10 heteroatoms. The summed E-state index contributed by atoms with van der Waals surface area (Å²) in [5.74, 6) is 0.149. The third-order valence-corrected chi connectivity index (χ3v) is 6.38. The highest BCUT2D eigenvalue weighted by Gasteiger charge is 2.40. The van der Waals surface area contributed by atoms with Gasteiger partial charge in [-0.05, 0) is 73.6 Å². The van der Waals surface area contributed by atoms with Gasteiger partial charge in [0.25, 0.3) is 5.91 Å². The molecule has 0 radical (unpaired) electrons. The maximum absolute atomic E-state index is 13.4. The van der Waals surface area contributed by atoms with Crippen molar-refractivity contribution < 1.29 is 32.3 Å². The summed E-state index contributed by atoms with van der Waals surface area (Å²) in [5.41, 5.74) is 3.47. The van der Waals surface area contributed by atoms with Crippen molar-refractivity contribution in [2.24, 2.45) is 5.92 Å². The number of fused-ring (bicyclic) bond motifs is 1. The van der Waals surface area contributed by atoms with Crippen LogP contribution in [0, 0.1) is 19.8 Å². The van der Waals surface area contributed by atoms with Gasteiger partial charge in [0.05, 0.1) is 11.6 Å². The molecule has 188 valence electrons. The van der Waals surface area contributed by atoms with E-state index in [1.165, 1.54) is 24.3 Å². The monoisotopic (exact) mass is 499 g/mol. The Morgan fingerprint density at radius 3 is 2.67 bits per heavy atom. The minimum Gasteiger partial charge on any atom is -0.508 e. The second kappa shape index (κ2) is 8.92. The fourth-order valence-corrected chi connectivity index (χ4v) is 4.69. The van der Waals surface area contributed by atoms with Gasteiger partial charge in [-0.1, -0.05) is 23.4 Å². The zero-order chi connectivity index (χ0) is 25.6. The number of nitrogens with zero attached hydrogens (tertiary/aromatic N) is 2. The number of ether oxygens (including phenoxy) is 1. The van der Waals surface area contributed by atoms with Crippen molar-refractivity contribution in [1.29, 1.82) is 0 Å². The molecule has 2 aliphatic rings. The number of phenolic OH excluding ortho intramolecular Hbond substituents is 1. The highest BCUT2D eigenvalue weighted by molar-refractivity contribution is 6.26. The number of phenols is 1. The first kappa shape index (κ1) is 23.8. The van der Waals surface area contributed by atoms with Crippen LogP contribution in [0.3, 0.4) is 0 Å². The molecule has 1 fully saturated rings. The molecule has 1 aliphatic carbocycles. The summed E-state index contributed by atoms with van der Waals surface area (Å²) in [5, 5.41) is 17.0. The summed E-state index contributed by atoms with van der Waals surface area (Å²) < 4.78 is 47.5. The van der Waals surface area contributed by atoms with E-state index in [4.69, 9.17) is 4.52 Å². The maximum atomic E-state index is 13.4. The Morgan fingerprint density at radius 1 is 1.22 bits per heavy atom. The van der Waals surface area contributed by atoms with Gasteiger partial charge in [-0.25, -0.2) is 0 Å². The summed E-state index contributed by atoms with van der Waals surface area (Å²) >= 11 is 0. The molecule has 0 bridgehead atoms. The molecule has 1 atom stereocenters. The van der Waals surface area contributed by atoms with Crippen LogP contribution in [-0.4, -0.2) is 27.4 Å². The molecule has 1 amide bonds. The van der Waals surface area contributed by atoms with E-state index in [0.717, 1.165) is 18.4 Å². The third-order valence-electron chi connectivity index (χ3n) is 6.38. The number of aromatic nitrogens is 1. The summed E-state index contributed by atoms with van der Waals surface area (Å²) in [6.07, 6.45) is -1.10. The lowest BCUT2D eigenvalue weighted by Crippen LogP contribution is -2.31. The van der Waals surface area contributed by atoms with Gasteiger partial charge in [0.1, 0.15) is 22.9 Å². The van der Waals surface area contributed by atoms with Gasteiger partial charge in [-0.15, -0.1) is 13.2 Å². The highest BCUT2D eigenvalue weighted by atomic mass is 19.4. The van der Waals surface area contributed by atoms with E-state index in [2.05, 4.69) is 15.2 Å². The predicted octanol–water partition coefficient (Wildman–Crippen LogP) is 5.84. The first-order valence-corrected chi connectivity index (χ1v) is 11.5. The number of anilines is 1. The number of hydrogen-bond acceptors (Lipinski definition) is 6. The lowest BCUT2D eigenvalue weighted by Gasteiger charge is -2.37. The van der Waals surface area contributed by atoms with Crippen molar-refractivity contribution in [3.05, 3.63) is 76.8 Å². The van der Waals surface area contributed by atoms with Crippen molar-refractivity contribution in [1.82, 2.24) is 10.1 Å². The maximum Gasteiger partial charge on any atom is 0.573 e. The molecule has 0 spiro atoms. The number of carbonyl (C=O) groups is 1. The number of benzene rings is 2. The van der Waals surface area contributed by atoms with Crippen LogP contribution in [0.1, 0.15) is 47.0 Å². The Labute approximate surface area is 205 Å². The van der Waals surface area contributed by atoms with E-state index in [-0.39, 0.29) is 30.0 Å². The Bertz CT molecular complexity index is 1320. The molecule has 1 aromatic heterocycles. The number of amides is 1. The largest absolute Gasteiger partial charge is 0.573 e. The van der Waals surface area contributed by atoms with Crippen LogP contribution in [0.25, 0.3) is 5.57 Å². The molecule has 3 aromatic rings. The molecular weight excluding hydrogens is 475 g/mol. The van der Waals surface area contributed by atoms with Gasteiger partial charge in [-0.3, -0.25) is 4.79 Å². The minimum absolute atomic E-state index is 0.0762. The van der Waals surface area contributed by atoms with Crippen molar-refractivity contribution in [2.75, 3.05) is 5.32 Å². The van der Waals surface area contributed by atoms with Crippen molar-refractivity contribution in [2.45, 2.75) is 45.6 Å². The predicted molar refractivity (Wildman–Crippen MR) is 125 cm³/mol. The first-order chi connectivity index (χ1) is 17.1. The van der Waals surface area contributed by atoms with Crippen molar-refractivity contribution >= 4 is 17.2 Å². The fraction of sp³-hybridized carbons (Fsp3) is 0.308. The smallest absolute Gasteiger partial charge is 0.508 e. The number of aryl methyl sites for hydroxylation is 2. The number of halogens is 3. The zero-order valence-electron chi connectivity index (χ0n) is 19.6. The standard InChI is InChI=1S/C26H24F3N3O4/c1-14-23(15(2)36-31-14)30-25(34)22-13-32(12-16-4-3-5-19(10-16)35-26(27,28)29)24(17-6-7-17)21-11-18(33)8-9-20(21)22/h3-5,8-11,13,17,24,33H,6-7,12H2,1-2H3,(H,30,34). The van der Waals surface area contributed by atoms with Crippen LogP contribution in [0.15, 0.2) is 53.2 Å². The fourth-order valence-electron chi connectivity index (χ4n) is 4.69. The Hall–Kier alpha value is -3.95. The topological polar surface area (TPSA) is 87.8 Å². The number of carbonyl (C=O) groups excluding carboxylic acids is 1. The van der Waals surface area contributed by atoms with Crippen LogP contribution in [-0.2, 0) is 11.3 Å². The van der Waals surface area contributed by atoms with Crippen LogP contribution < -0.4 is 10.1 Å². The SMILES string of the molecule is Cc1noc(C)c1NC(=O)C1=CN(Cc2cccc(OC(F)(F)F)c2)C(C2CC2)c2cc(O)ccc21. The van der Waals surface area contributed by atoms with Gasteiger partial charge in [0.2, 0.25) is 0 Å². The molecular formula is C26H24F3N3O4. The van der Waals surface area contributed by atoms with Crippen LogP contribution >= 0.6 is 0 Å². The quantitative estimate of drug-likeness (QED) is 0.443. The number of rotatable bonds is 6. The van der Waals surface area contributed by atoms with Crippen LogP contribution in [0.2, 0.25) is 0 Å². The van der Waals surface area contributed by atoms with Crippen molar-refractivity contribution in [3.63, 3.8) is 0 Å². The van der Waals surface area contributed by atoms with Gasteiger partial charge in [-0.2, -0.15) is 0 Å². The average Bonchev–Trinajstić information content (AvgIpc) is 3.59. The van der Waals surface area contributed by atoms with Gasteiger partial charge < -0.3 is 24.6 Å². The molecule has 1 saturated carbocycles. The summed E-state index contributed by atoms with van der Waals surface area (Å²) in [4.78, 5) is 15.4. The molecule has 1 aliphatic heterocycles. The van der Waals surface area contributed by atoms with E-state index in [0.29, 0.717) is 39.8 Å². The minimum atomic E-state index is -4.79. The first-order valence-electron chi connectivity index (χ1n) is 11.5. The molecule has 2 heterocycles. The van der Waals surface area contributed by atoms with Gasteiger partial charge >= 0.3 is 6.36 Å². The summed E-state index contributed by atoms with van der Waals surface area (Å²) in [6, 6.07) is 10.6. The Balaban J connectivity index is 1.52. The van der Waals surface area contributed by atoms with Gasteiger partial charge in [0.15, 0.2) is 5.76 Å². The molecule has 2 N–H and O–H groups in total. The molecule has 36 heavy (non-hydrogen) atoms. The van der Waals surface area contributed by atoms with E-state index in [9.17, 15) is 23.1 Å². The number of nitrogens with one attached hydrogen (secondary N) is 1. The summed E-state index contributed by atoms with van der Waals surface area (Å²) in [7, 11) is 0. The van der Waals surface area contributed by atoms with Crippen LogP contribution in [0.5, 0.6) is 11.5 Å². The zero-order valence-corrected chi connectivity index (χ0v) is 19.6. The number of alkyl halides is 3. The van der Waals surface area contributed by atoms with E-state index in [1.54, 1.807) is 38.2 Å². The Kier molecular flexibility index (Phi) is 5.89. The van der Waals surface area contributed by atoms with Crippen LogP contribution in [0.4, 0.5) is 18.9 Å². The van der Waals surface area contributed by atoms with Crippen molar-refractivity contribution in [3.8, 4) is 11.5 Å². The lowest BCUT2D eigenvalue weighted by atomic mass is 9.87. The van der Waals surface area contributed by atoms with Gasteiger partial charge in [0, 0.05) is 12.7 Å². The molecule has 1 unspecified atom stereocenters. The second-order valence-electron chi connectivity index (χ2n) is 9.12. The highest BCUT2D eigenvalue weighted by Crippen LogP contribution is 2.50. The molecule has 0 saturated heterocycles. The van der Waals surface area contributed by atoms with E-state index >= 15 is 0 Å².